The van der Waals surface area contributed by atoms with Crippen LogP contribution in [-0.4, -0.2) is 46.5 Å². The third-order valence-electron chi connectivity index (χ3n) is 4.29. The molecular weight excluding hydrogens is 366 g/mol. The van der Waals surface area contributed by atoms with Gasteiger partial charge >= 0.3 is 6.09 Å². The van der Waals surface area contributed by atoms with Gasteiger partial charge < -0.3 is 15.4 Å². The smallest absolute Gasteiger partial charge is 0.407 e. The Morgan fingerprint density at radius 1 is 1.37 bits per heavy atom. The van der Waals surface area contributed by atoms with Crippen molar-refractivity contribution in [3.63, 3.8) is 0 Å². The number of nitrogens with zero attached hydrogens (tertiary/aromatic N) is 3. The van der Waals surface area contributed by atoms with Gasteiger partial charge in [-0.15, -0.1) is 0 Å². The second kappa shape index (κ2) is 8.69. The zero-order valence-corrected chi connectivity index (χ0v) is 17.4. The van der Waals surface area contributed by atoms with Gasteiger partial charge in [-0.2, -0.15) is 0 Å². The lowest BCUT2D eigenvalue weighted by atomic mass is 10.1. The minimum atomic E-state index is -0.504. The lowest BCUT2D eigenvalue weighted by Gasteiger charge is -2.21. The molecule has 2 N–H and O–H groups in total. The quantitative estimate of drug-likeness (QED) is 0.735. The Balaban J connectivity index is 1.97. The summed E-state index contributed by atoms with van der Waals surface area (Å²) in [5.74, 6) is 0.488. The summed E-state index contributed by atoms with van der Waals surface area (Å²) >= 11 is 6.21. The number of amides is 1. The molecule has 0 bridgehead atoms. The lowest BCUT2D eigenvalue weighted by molar-refractivity contribution is 0.0505. The molecule has 27 heavy (non-hydrogen) atoms. The van der Waals surface area contributed by atoms with E-state index in [4.69, 9.17) is 16.3 Å². The molecule has 1 amide bonds. The number of hydrogen-bond donors (Lipinski definition) is 2. The number of nitrogens with one attached hydrogen (secondary N) is 2. The van der Waals surface area contributed by atoms with Gasteiger partial charge in [0.25, 0.3) is 0 Å². The van der Waals surface area contributed by atoms with Crippen molar-refractivity contribution < 1.29 is 9.53 Å². The molecule has 2 rings (SSSR count). The van der Waals surface area contributed by atoms with E-state index >= 15 is 0 Å². The van der Waals surface area contributed by atoms with Crippen LogP contribution in [0.1, 0.15) is 52.7 Å². The van der Waals surface area contributed by atoms with E-state index in [0.29, 0.717) is 22.2 Å². The van der Waals surface area contributed by atoms with Crippen molar-refractivity contribution in [3.05, 3.63) is 23.5 Å². The maximum Gasteiger partial charge on any atom is 0.407 e. The van der Waals surface area contributed by atoms with E-state index in [-0.39, 0.29) is 18.2 Å². The molecule has 8 heteroatoms. The third kappa shape index (κ3) is 6.20. The number of carbonyl (C=O) groups is 1. The molecule has 0 saturated heterocycles. The van der Waals surface area contributed by atoms with Gasteiger partial charge in [-0.3, -0.25) is 4.99 Å². The van der Waals surface area contributed by atoms with E-state index < -0.39 is 5.60 Å². The fourth-order valence-corrected chi connectivity index (χ4v) is 3.06. The molecule has 1 aliphatic carbocycles. The Bertz CT molecular complexity index is 742. The number of rotatable bonds is 5. The highest BCUT2D eigenvalue weighted by molar-refractivity contribution is 6.34. The summed E-state index contributed by atoms with van der Waals surface area (Å²) in [6.07, 6.45) is 3.72. The van der Waals surface area contributed by atoms with Crippen LogP contribution in [0.15, 0.2) is 17.8 Å². The maximum absolute atomic E-state index is 11.9. The lowest BCUT2D eigenvalue weighted by Crippen LogP contribution is -2.38. The number of alkyl carbamates (subject to hydrolysis) is 1. The fourth-order valence-electron chi connectivity index (χ4n) is 2.86. The average Bonchev–Trinajstić information content (AvgIpc) is 3.00. The zero-order chi connectivity index (χ0) is 20.2. The van der Waals surface area contributed by atoms with Gasteiger partial charge in [0.2, 0.25) is 5.95 Å². The second-order valence-electron chi connectivity index (χ2n) is 7.68. The molecule has 0 radical (unpaired) electrons. The first kappa shape index (κ1) is 21.2. The largest absolute Gasteiger partial charge is 0.444 e. The van der Waals surface area contributed by atoms with E-state index in [2.05, 4.69) is 32.2 Å². The number of aliphatic imine (C=N–C) groups is 1. The summed E-state index contributed by atoms with van der Waals surface area (Å²) in [5.41, 5.74) is 1.50. The van der Waals surface area contributed by atoms with Crippen LogP contribution in [0.4, 0.5) is 10.7 Å². The third-order valence-corrected chi connectivity index (χ3v) is 4.57. The van der Waals surface area contributed by atoms with Crippen molar-refractivity contribution >= 4 is 34.9 Å². The molecule has 1 heterocycles. The zero-order valence-electron chi connectivity index (χ0n) is 16.6. The SMILES string of the molecule is C=C(C(C)=NC)c1nc(NC2CCC(NC(=O)OC(C)(C)C)C2)ncc1Cl. The summed E-state index contributed by atoms with van der Waals surface area (Å²) in [6.45, 7) is 11.4. The van der Waals surface area contributed by atoms with Gasteiger partial charge in [0.1, 0.15) is 5.60 Å². The van der Waals surface area contributed by atoms with Crippen LogP contribution in [0.5, 0.6) is 0 Å². The fraction of sp³-hybridized carbons (Fsp3) is 0.579. The van der Waals surface area contributed by atoms with Crippen LogP contribution < -0.4 is 10.6 Å². The molecular formula is C19H28ClN5O2. The number of hydrogen-bond acceptors (Lipinski definition) is 6. The number of ether oxygens (including phenoxy) is 1. The number of allylic oxidation sites excluding steroid dienone is 1. The first-order chi connectivity index (χ1) is 12.6. The highest BCUT2D eigenvalue weighted by atomic mass is 35.5. The van der Waals surface area contributed by atoms with Gasteiger partial charge in [0, 0.05) is 30.4 Å². The van der Waals surface area contributed by atoms with Crippen molar-refractivity contribution in [2.45, 2.75) is 64.6 Å². The van der Waals surface area contributed by atoms with Crippen molar-refractivity contribution in [1.29, 1.82) is 0 Å². The molecule has 1 fully saturated rings. The Morgan fingerprint density at radius 3 is 2.67 bits per heavy atom. The number of carbonyl (C=O) groups excluding carboxylic acids is 1. The molecule has 0 aliphatic heterocycles. The number of halogens is 1. The van der Waals surface area contributed by atoms with E-state index in [1.807, 2.05) is 27.7 Å². The normalized spacial score (nSPS) is 20.3. The van der Waals surface area contributed by atoms with Gasteiger partial charge in [-0.05, 0) is 47.0 Å². The number of aromatic nitrogens is 2. The molecule has 2 atom stereocenters. The van der Waals surface area contributed by atoms with Crippen LogP contribution in [0.3, 0.4) is 0 Å². The standard InChI is InChI=1S/C19H28ClN5O2/c1-11(12(2)21-6)16-15(20)10-22-17(25-16)23-13-7-8-14(9-13)24-18(26)27-19(3,4)5/h10,13-14H,1,7-9H2,2-6H3,(H,24,26)(H,22,23,25). The second-order valence-corrected chi connectivity index (χ2v) is 8.08. The summed E-state index contributed by atoms with van der Waals surface area (Å²) in [5, 5.41) is 6.67. The highest BCUT2D eigenvalue weighted by Crippen LogP contribution is 2.25. The van der Waals surface area contributed by atoms with Crippen molar-refractivity contribution in [2.24, 2.45) is 4.99 Å². The van der Waals surface area contributed by atoms with Crippen LogP contribution in [0.2, 0.25) is 5.02 Å². The van der Waals surface area contributed by atoms with E-state index in [0.717, 1.165) is 25.0 Å². The molecule has 0 aromatic carbocycles. The predicted molar refractivity (Wildman–Crippen MR) is 110 cm³/mol. The van der Waals surface area contributed by atoms with Gasteiger partial charge in [0.05, 0.1) is 16.9 Å². The summed E-state index contributed by atoms with van der Waals surface area (Å²) in [6, 6.07) is 0.224. The van der Waals surface area contributed by atoms with E-state index in [1.54, 1.807) is 13.2 Å². The van der Waals surface area contributed by atoms with Gasteiger partial charge in [-0.1, -0.05) is 18.2 Å². The molecule has 7 nitrogen and oxygen atoms in total. The monoisotopic (exact) mass is 393 g/mol. The van der Waals surface area contributed by atoms with Crippen molar-refractivity contribution in [2.75, 3.05) is 12.4 Å². The van der Waals surface area contributed by atoms with Crippen molar-refractivity contribution in [3.8, 4) is 0 Å². The highest BCUT2D eigenvalue weighted by Gasteiger charge is 2.28. The molecule has 2 unspecified atom stereocenters. The predicted octanol–water partition coefficient (Wildman–Crippen LogP) is 4.09. The summed E-state index contributed by atoms with van der Waals surface area (Å²) in [4.78, 5) is 24.8. The first-order valence-corrected chi connectivity index (χ1v) is 9.38. The first-order valence-electron chi connectivity index (χ1n) is 9.00. The van der Waals surface area contributed by atoms with E-state index in [1.165, 1.54) is 0 Å². The molecule has 1 aliphatic rings. The molecule has 1 saturated carbocycles. The minimum Gasteiger partial charge on any atom is -0.444 e. The van der Waals surface area contributed by atoms with Crippen LogP contribution in [0, 0.1) is 0 Å². The topological polar surface area (TPSA) is 88.5 Å². The summed E-state index contributed by atoms with van der Waals surface area (Å²) < 4.78 is 5.31. The maximum atomic E-state index is 11.9. The average molecular weight is 394 g/mol. The van der Waals surface area contributed by atoms with Crippen LogP contribution in [-0.2, 0) is 4.74 Å². The molecule has 0 spiro atoms. The summed E-state index contributed by atoms with van der Waals surface area (Å²) in [7, 11) is 1.70. The van der Waals surface area contributed by atoms with Crippen LogP contribution >= 0.6 is 11.6 Å². The Labute approximate surface area is 165 Å². The Kier molecular flexibility index (Phi) is 6.81. The van der Waals surface area contributed by atoms with Gasteiger partial charge in [0.15, 0.2) is 0 Å². The van der Waals surface area contributed by atoms with E-state index in [9.17, 15) is 4.79 Å². The van der Waals surface area contributed by atoms with Gasteiger partial charge in [-0.25, -0.2) is 14.8 Å². The molecule has 1 aromatic rings. The molecule has 1 aromatic heterocycles. The Morgan fingerprint density at radius 2 is 2.04 bits per heavy atom. The minimum absolute atomic E-state index is 0.0635. The van der Waals surface area contributed by atoms with Crippen molar-refractivity contribution in [1.82, 2.24) is 15.3 Å². The van der Waals surface area contributed by atoms with Crippen LogP contribution in [0.25, 0.3) is 5.57 Å². The number of anilines is 1. The Hall–Kier alpha value is -2.15. The molecule has 148 valence electrons.